The van der Waals surface area contributed by atoms with Crippen LogP contribution in [0.2, 0.25) is 0 Å². The van der Waals surface area contributed by atoms with Crippen molar-refractivity contribution in [2.24, 2.45) is 0 Å². The largest absolute Gasteiger partial charge is 3.00 e. The van der Waals surface area contributed by atoms with Gasteiger partial charge in [0.25, 0.3) is 0 Å². The standard InChI is InChI=1S/3C10H9NSe.Rh/c3*1-7-5-6-8-3-2-4-9(12)10(8)11-7;/h3*2-6,12H,1H3;/q;;;+3/p-3. The van der Waals surface area contributed by atoms with Gasteiger partial charge in [-0.15, -0.1) is 0 Å². The molecule has 3 aromatic carbocycles. The van der Waals surface area contributed by atoms with E-state index in [0.717, 1.165) is 47.0 Å². The topological polar surface area (TPSA) is 38.7 Å². The maximum atomic E-state index is 4.44. The Morgan fingerprint density at radius 2 is 0.676 bits per heavy atom. The molecule has 0 atom stereocenters. The molecule has 3 heterocycles. The van der Waals surface area contributed by atoms with Gasteiger partial charge in [-0.3, -0.25) is 0 Å². The predicted molar refractivity (Wildman–Crippen MR) is 156 cm³/mol. The normalized spacial score (nSPS) is 10.1. The Morgan fingerprint density at radius 1 is 0.405 bits per heavy atom. The smallest absolute Gasteiger partial charge is 3.00 e. The zero-order valence-corrected chi connectivity index (χ0v) is 27.3. The van der Waals surface area contributed by atoms with Crippen LogP contribution in [0.15, 0.2) is 91.0 Å². The third-order valence-corrected chi connectivity index (χ3v) is 7.54. The second kappa shape index (κ2) is 13.7. The summed E-state index contributed by atoms with van der Waals surface area (Å²) in [6.45, 7) is 6.02. The Bertz CT molecular complexity index is 1470. The number of pyridine rings is 3. The quantitative estimate of drug-likeness (QED) is 0.220. The van der Waals surface area contributed by atoms with Crippen LogP contribution >= 0.6 is 0 Å². The number of hydrogen-bond acceptors (Lipinski definition) is 3. The Morgan fingerprint density at radius 3 is 0.946 bits per heavy atom. The maximum Gasteiger partial charge on any atom is 3.00 e. The number of hydrogen-bond donors (Lipinski definition) is 0. The number of para-hydroxylation sites is 3. The molecule has 3 aromatic heterocycles. The molecule has 0 bridgehead atoms. The first kappa shape index (κ1) is 29.6. The minimum Gasteiger partial charge on any atom is 3.00 e. The van der Waals surface area contributed by atoms with Gasteiger partial charge in [-0.25, -0.2) is 0 Å². The SMILES string of the molecule is Cc1ccc2cccc([Se-])c2n1.Cc1ccc2cccc([Se-])c2n1.Cc1ccc2cccc([Se-])c2n1.[Rh+3]. The van der Waals surface area contributed by atoms with E-state index in [4.69, 9.17) is 0 Å². The van der Waals surface area contributed by atoms with Crippen molar-refractivity contribution in [3.63, 3.8) is 0 Å². The summed E-state index contributed by atoms with van der Waals surface area (Å²) in [6.07, 6.45) is 0. The minimum atomic E-state index is 0. The average molecular weight is 766 g/mol. The Labute approximate surface area is 255 Å². The first-order chi connectivity index (χ1) is 17.3. The molecule has 0 aliphatic rings. The summed E-state index contributed by atoms with van der Waals surface area (Å²) in [4.78, 5) is 13.3. The molecule has 0 N–H and O–H groups in total. The van der Waals surface area contributed by atoms with Crippen LogP contribution < -0.4 is 13.4 Å². The monoisotopic (exact) mass is 769 g/mol. The van der Waals surface area contributed by atoms with Gasteiger partial charge in [-0.2, -0.15) is 0 Å². The molecule has 0 radical (unpaired) electrons. The van der Waals surface area contributed by atoms with E-state index in [0.29, 0.717) is 0 Å². The van der Waals surface area contributed by atoms with Gasteiger partial charge in [0.15, 0.2) is 0 Å². The van der Waals surface area contributed by atoms with Crippen LogP contribution in [-0.4, -0.2) is 63.0 Å². The first-order valence-electron chi connectivity index (χ1n) is 11.4. The summed E-state index contributed by atoms with van der Waals surface area (Å²) in [7, 11) is 0. The molecule has 0 amide bonds. The zero-order valence-electron chi connectivity index (χ0n) is 20.6. The van der Waals surface area contributed by atoms with Crippen molar-refractivity contribution in [3.05, 3.63) is 108 Å². The van der Waals surface area contributed by atoms with Crippen LogP contribution in [0.5, 0.6) is 0 Å². The number of benzene rings is 3. The van der Waals surface area contributed by atoms with Crippen molar-refractivity contribution < 1.29 is 19.5 Å². The Balaban J connectivity index is 0.000000152. The molecular formula is C30H24N3RhSe3. The molecule has 0 unspecified atom stereocenters. The fourth-order valence-corrected chi connectivity index (χ4v) is 5.18. The summed E-state index contributed by atoms with van der Waals surface area (Å²) in [5, 5.41) is 3.57. The van der Waals surface area contributed by atoms with Crippen LogP contribution in [0.4, 0.5) is 0 Å². The fraction of sp³-hybridized carbons (Fsp3) is 0.100. The summed E-state index contributed by atoms with van der Waals surface area (Å²) >= 11 is 9.03. The van der Waals surface area contributed by atoms with E-state index in [1.807, 2.05) is 75.4 Å². The fourth-order valence-electron chi connectivity index (χ4n) is 3.65. The Hall–Kier alpha value is -1.93. The van der Waals surface area contributed by atoms with Gasteiger partial charge in [0, 0.05) is 0 Å². The van der Waals surface area contributed by atoms with E-state index in [1.54, 1.807) is 0 Å². The van der Waals surface area contributed by atoms with Crippen molar-refractivity contribution in [1.29, 1.82) is 0 Å². The summed E-state index contributed by atoms with van der Waals surface area (Å²) in [6, 6.07) is 30.8. The molecule has 0 spiro atoms. The molecule has 6 rings (SSSR count). The van der Waals surface area contributed by atoms with Gasteiger partial charge in [-0.1, -0.05) is 0 Å². The van der Waals surface area contributed by atoms with E-state index >= 15 is 0 Å². The second-order valence-corrected chi connectivity index (χ2v) is 11.1. The van der Waals surface area contributed by atoms with Crippen LogP contribution in [-0.2, 0) is 19.5 Å². The molecule has 6 aromatic rings. The van der Waals surface area contributed by atoms with Crippen LogP contribution in [0.3, 0.4) is 0 Å². The summed E-state index contributed by atoms with van der Waals surface area (Å²) < 4.78 is 3.36. The van der Waals surface area contributed by atoms with E-state index in [1.165, 1.54) is 16.2 Å². The third-order valence-electron chi connectivity index (χ3n) is 5.47. The van der Waals surface area contributed by atoms with E-state index < -0.39 is 0 Å². The Kier molecular flexibility index (Phi) is 11.0. The maximum absolute atomic E-state index is 4.44. The van der Waals surface area contributed by atoms with E-state index in [9.17, 15) is 0 Å². The van der Waals surface area contributed by atoms with Gasteiger partial charge in [0.05, 0.1) is 0 Å². The molecule has 186 valence electrons. The summed E-state index contributed by atoms with van der Waals surface area (Å²) in [5.74, 6) is 0. The molecule has 3 nitrogen and oxygen atoms in total. The van der Waals surface area contributed by atoms with Crippen molar-refractivity contribution in [2.75, 3.05) is 0 Å². The average Bonchev–Trinajstić information content (AvgIpc) is 2.87. The molecule has 37 heavy (non-hydrogen) atoms. The minimum absolute atomic E-state index is 0. The molecular weight excluding hydrogens is 742 g/mol. The molecule has 0 aliphatic carbocycles. The van der Waals surface area contributed by atoms with Crippen LogP contribution in [0, 0.1) is 20.8 Å². The van der Waals surface area contributed by atoms with Crippen molar-refractivity contribution >= 4 is 94.1 Å². The second-order valence-electron chi connectivity index (χ2n) is 8.34. The number of aromatic nitrogens is 3. The van der Waals surface area contributed by atoms with Crippen molar-refractivity contribution in [3.8, 4) is 0 Å². The number of fused-ring (bicyclic) bond motifs is 3. The first-order valence-corrected chi connectivity index (χ1v) is 14.0. The number of aryl methyl sites for hydroxylation is 3. The van der Waals surface area contributed by atoms with Crippen LogP contribution in [0.25, 0.3) is 32.7 Å². The number of nitrogens with zero attached hydrogens (tertiary/aromatic N) is 3. The van der Waals surface area contributed by atoms with Gasteiger partial charge in [0.2, 0.25) is 0 Å². The third kappa shape index (κ3) is 7.79. The van der Waals surface area contributed by atoms with Gasteiger partial charge in [0.1, 0.15) is 0 Å². The summed E-state index contributed by atoms with van der Waals surface area (Å²) in [5.41, 5.74) is 6.38. The van der Waals surface area contributed by atoms with Gasteiger partial charge < -0.3 is 0 Å². The molecule has 0 saturated heterocycles. The predicted octanol–water partition coefficient (Wildman–Crippen LogP) is 4.01. The molecule has 7 heteroatoms. The van der Waals surface area contributed by atoms with Gasteiger partial charge >= 0.3 is 257 Å². The van der Waals surface area contributed by atoms with E-state index in [2.05, 4.69) is 99.4 Å². The molecule has 0 fully saturated rings. The van der Waals surface area contributed by atoms with Gasteiger partial charge in [-0.05, 0) is 0 Å². The van der Waals surface area contributed by atoms with Crippen LogP contribution in [0.1, 0.15) is 17.1 Å². The molecule has 0 saturated carbocycles. The number of rotatable bonds is 0. The van der Waals surface area contributed by atoms with Crippen molar-refractivity contribution in [2.45, 2.75) is 20.8 Å². The molecule has 0 aliphatic heterocycles. The zero-order chi connectivity index (χ0) is 25.7. The van der Waals surface area contributed by atoms with E-state index in [-0.39, 0.29) is 19.5 Å². The van der Waals surface area contributed by atoms with Crippen molar-refractivity contribution in [1.82, 2.24) is 15.0 Å².